The summed E-state index contributed by atoms with van der Waals surface area (Å²) in [7, 11) is 2.05. The van der Waals surface area contributed by atoms with Gasteiger partial charge in [-0.05, 0) is 37.4 Å². The molecule has 0 fully saturated rings. The standard InChI is InChI=1S/C15H24BrN/c1-11(2)7-5-10-14(17-4)13-9-6-8-12(3)15(13)16/h6,8-9,11,14,17H,5,7,10H2,1-4H3. The Balaban J connectivity index is 2.69. The van der Waals surface area contributed by atoms with Crippen LogP contribution in [0.15, 0.2) is 22.7 Å². The second-order valence-electron chi connectivity index (χ2n) is 5.14. The van der Waals surface area contributed by atoms with Gasteiger partial charge >= 0.3 is 0 Å². The summed E-state index contributed by atoms with van der Waals surface area (Å²) in [5.41, 5.74) is 2.70. The van der Waals surface area contributed by atoms with E-state index in [0.717, 1.165) is 5.92 Å². The zero-order valence-electron chi connectivity index (χ0n) is 11.4. The van der Waals surface area contributed by atoms with Crippen molar-refractivity contribution in [2.75, 3.05) is 7.05 Å². The molecule has 0 amide bonds. The second-order valence-corrected chi connectivity index (χ2v) is 5.94. The fourth-order valence-electron chi connectivity index (χ4n) is 2.12. The predicted octanol–water partition coefficient (Wildman–Crippen LogP) is 4.84. The van der Waals surface area contributed by atoms with Crippen molar-refractivity contribution in [1.82, 2.24) is 5.32 Å². The normalized spacial score (nSPS) is 13.1. The molecule has 0 aliphatic carbocycles. The minimum Gasteiger partial charge on any atom is -0.313 e. The van der Waals surface area contributed by atoms with E-state index in [1.54, 1.807) is 0 Å². The zero-order chi connectivity index (χ0) is 12.8. The molecule has 1 nitrogen and oxygen atoms in total. The Morgan fingerprint density at radius 1 is 1.24 bits per heavy atom. The minimum absolute atomic E-state index is 0.461. The average Bonchev–Trinajstić information content (AvgIpc) is 2.28. The van der Waals surface area contributed by atoms with Gasteiger partial charge in [0.25, 0.3) is 0 Å². The molecule has 96 valence electrons. The van der Waals surface area contributed by atoms with Gasteiger partial charge < -0.3 is 5.32 Å². The van der Waals surface area contributed by atoms with Gasteiger partial charge in [0, 0.05) is 10.5 Å². The van der Waals surface area contributed by atoms with Crippen LogP contribution in [0.4, 0.5) is 0 Å². The maximum atomic E-state index is 3.70. The first-order valence-electron chi connectivity index (χ1n) is 6.48. The molecule has 1 rings (SSSR count). The molecule has 1 unspecified atom stereocenters. The van der Waals surface area contributed by atoms with E-state index < -0.39 is 0 Å². The highest BCUT2D eigenvalue weighted by molar-refractivity contribution is 9.10. The number of aryl methyl sites for hydroxylation is 1. The van der Waals surface area contributed by atoms with Gasteiger partial charge in [0.2, 0.25) is 0 Å². The third-order valence-electron chi connectivity index (χ3n) is 3.22. The molecule has 0 aliphatic heterocycles. The molecule has 0 saturated carbocycles. The number of hydrogen-bond acceptors (Lipinski definition) is 1. The molecular weight excluding hydrogens is 274 g/mol. The maximum Gasteiger partial charge on any atom is 0.0328 e. The summed E-state index contributed by atoms with van der Waals surface area (Å²) in [5, 5.41) is 3.43. The summed E-state index contributed by atoms with van der Waals surface area (Å²) in [6, 6.07) is 6.97. The Bertz CT molecular complexity index is 347. The second kappa shape index (κ2) is 7.17. The number of nitrogens with one attached hydrogen (secondary N) is 1. The topological polar surface area (TPSA) is 12.0 Å². The predicted molar refractivity (Wildman–Crippen MR) is 79.4 cm³/mol. The van der Waals surface area contributed by atoms with Crippen LogP contribution in [0.25, 0.3) is 0 Å². The Labute approximate surface area is 114 Å². The van der Waals surface area contributed by atoms with Gasteiger partial charge in [-0.1, -0.05) is 60.8 Å². The first-order valence-corrected chi connectivity index (χ1v) is 7.27. The largest absolute Gasteiger partial charge is 0.313 e. The van der Waals surface area contributed by atoms with Crippen LogP contribution in [-0.4, -0.2) is 7.05 Å². The van der Waals surface area contributed by atoms with E-state index in [1.165, 1.54) is 34.9 Å². The molecule has 0 aliphatic rings. The SMILES string of the molecule is CNC(CCCC(C)C)c1cccc(C)c1Br. The smallest absolute Gasteiger partial charge is 0.0328 e. The third-order valence-corrected chi connectivity index (χ3v) is 4.30. The molecule has 0 radical (unpaired) electrons. The van der Waals surface area contributed by atoms with Crippen LogP contribution in [0.2, 0.25) is 0 Å². The van der Waals surface area contributed by atoms with Crippen molar-refractivity contribution in [3.8, 4) is 0 Å². The van der Waals surface area contributed by atoms with Crippen molar-refractivity contribution in [1.29, 1.82) is 0 Å². The van der Waals surface area contributed by atoms with Crippen LogP contribution in [0, 0.1) is 12.8 Å². The van der Waals surface area contributed by atoms with E-state index in [1.807, 2.05) is 0 Å². The molecule has 0 bridgehead atoms. The Morgan fingerprint density at radius 3 is 2.53 bits per heavy atom. The molecule has 0 saturated heterocycles. The van der Waals surface area contributed by atoms with Crippen molar-refractivity contribution in [2.45, 2.75) is 46.1 Å². The highest BCUT2D eigenvalue weighted by Gasteiger charge is 2.13. The van der Waals surface area contributed by atoms with Crippen LogP contribution in [0.1, 0.15) is 50.3 Å². The molecule has 1 aromatic rings. The number of benzene rings is 1. The van der Waals surface area contributed by atoms with Crippen LogP contribution >= 0.6 is 15.9 Å². The van der Waals surface area contributed by atoms with Crippen LogP contribution < -0.4 is 5.32 Å². The highest BCUT2D eigenvalue weighted by Crippen LogP contribution is 2.29. The van der Waals surface area contributed by atoms with Crippen molar-refractivity contribution < 1.29 is 0 Å². The zero-order valence-corrected chi connectivity index (χ0v) is 13.0. The summed E-state index contributed by atoms with van der Waals surface area (Å²) in [6.07, 6.45) is 3.79. The summed E-state index contributed by atoms with van der Waals surface area (Å²) in [5.74, 6) is 0.799. The lowest BCUT2D eigenvalue weighted by Crippen LogP contribution is -2.17. The maximum absolute atomic E-state index is 3.70. The summed E-state index contributed by atoms with van der Waals surface area (Å²) in [6.45, 7) is 6.72. The van der Waals surface area contributed by atoms with E-state index in [9.17, 15) is 0 Å². The Kier molecular flexibility index (Phi) is 6.21. The van der Waals surface area contributed by atoms with Crippen LogP contribution in [0.5, 0.6) is 0 Å². The van der Waals surface area contributed by atoms with E-state index >= 15 is 0 Å². The Morgan fingerprint density at radius 2 is 1.94 bits per heavy atom. The lowest BCUT2D eigenvalue weighted by molar-refractivity contribution is 0.469. The van der Waals surface area contributed by atoms with Crippen molar-refractivity contribution in [2.24, 2.45) is 5.92 Å². The molecule has 0 spiro atoms. The lowest BCUT2D eigenvalue weighted by Gasteiger charge is -2.19. The number of halogens is 1. The van der Waals surface area contributed by atoms with E-state index in [-0.39, 0.29) is 0 Å². The quantitative estimate of drug-likeness (QED) is 0.792. The van der Waals surface area contributed by atoms with Gasteiger partial charge in [-0.3, -0.25) is 0 Å². The van der Waals surface area contributed by atoms with E-state index in [0.29, 0.717) is 6.04 Å². The monoisotopic (exact) mass is 297 g/mol. The summed E-state index contributed by atoms with van der Waals surface area (Å²) < 4.78 is 1.25. The summed E-state index contributed by atoms with van der Waals surface area (Å²) in [4.78, 5) is 0. The Hall–Kier alpha value is -0.340. The van der Waals surface area contributed by atoms with Crippen molar-refractivity contribution in [3.05, 3.63) is 33.8 Å². The number of hydrogen-bond donors (Lipinski definition) is 1. The van der Waals surface area contributed by atoms with Gasteiger partial charge in [0.15, 0.2) is 0 Å². The van der Waals surface area contributed by atoms with Gasteiger partial charge in [-0.2, -0.15) is 0 Å². The molecule has 1 aromatic carbocycles. The van der Waals surface area contributed by atoms with Crippen LogP contribution in [0.3, 0.4) is 0 Å². The van der Waals surface area contributed by atoms with Crippen molar-refractivity contribution >= 4 is 15.9 Å². The molecular formula is C15H24BrN. The van der Waals surface area contributed by atoms with Gasteiger partial charge in [0.1, 0.15) is 0 Å². The summed E-state index contributed by atoms with van der Waals surface area (Å²) >= 11 is 3.70. The fourth-order valence-corrected chi connectivity index (χ4v) is 2.67. The van der Waals surface area contributed by atoms with Gasteiger partial charge in [-0.15, -0.1) is 0 Å². The number of rotatable bonds is 6. The van der Waals surface area contributed by atoms with Crippen LogP contribution in [-0.2, 0) is 0 Å². The lowest BCUT2D eigenvalue weighted by atomic mass is 9.97. The first-order chi connectivity index (χ1) is 8.06. The fraction of sp³-hybridized carbons (Fsp3) is 0.600. The minimum atomic E-state index is 0.461. The first kappa shape index (κ1) is 14.7. The molecule has 0 heterocycles. The van der Waals surface area contributed by atoms with Gasteiger partial charge in [0.05, 0.1) is 0 Å². The molecule has 0 aromatic heterocycles. The average molecular weight is 298 g/mol. The van der Waals surface area contributed by atoms with Gasteiger partial charge in [-0.25, -0.2) is 0 Å². The van der Waals surface area contributed by atoms with E-state index in [4.69, 9.17) is 0 Å². The molecule has 1 N–H and O–H groups in total. The molecule has 1 atom stereocenters. The molecule has 17 heavy (non-hydrogen) atoms. The van der Waals surface area contributed by atoms with Crippen molar-refractivity contribution in [3.63, 3.8) is 0 Å². The molecule has 2 heteroatoms. The van der Waals surface area contributed by atoms with E-state index in [2.05, 4.69) is 67.3 Å². The highest BCUT2D eigenvalue weighted by atomic mass is 79.9. The third kappa shape index (κ3) is 4.44.